The van der Waals surface area contributed by atoms with Crippen LogP contribution in [0.4, 0.5) is 0 Å². The Labute approximate surface area is 141 Å². The number of benzene rings is 1. The van der Waals surface area contributed by atoms with Crippen molar-refractivity contribution < 1.29 is 14.4 Å². The van der Waals surface area contributed by atoms with Crippen molar-refractivity contribution in [2.24, 2.45) is 5.92 Å². The van der Waals surface area contributed by atoms with Gasteiger partial charge in [0.25, 0.3) is 5.91 Å². The van der Waals surface area contributed by atoms with Crippen LogP contribution in [-0.2, 0) is 9.59 Å². The molecule has 0 aromatic heterocycles. The van der Waals surface area contributed by atoms with E-state index in [-0.39, 0.29) is 30.2 Å². The zero-order valence-electron chi connectivity index (χ0n) is 14.3. The van der Waals surface area contributed by atoms with Gasteiger partial charge in [0.1, 0.15) is 12.1 Å². The SMILES string of the molecule is Cc1ccc(C(=O)N2CCN3C(=O)[C@@H](C(C)C)NC(=O)[C@H]3C2)cc1. The van der Waals surface area contributed by atoms with Crippen LogP contribution in [0.5, 0.6) is 0 Å². The summed E-state index contributed by atoms with van der Waals surface area (Å²) in [5, 5.41) is 2.80. The number of nitrogens with zero attached hydrogens (tertiary/aromatic N) is 2. The van der Waals surface area contributed by atoms with Crippen LogP contribution in [0, 0.1) is 12.8 Å². The largest absolute Gasteiger partial charge is 0.342 e. The Hall–Kier alpha value is -2.37. The summed E-state index contributed by atoms with van der Waals surface area (Å²) < 4.78 is 0. The highest BCUT2D eigenvalue weighted by atomic mass is 16.2. The number of nitrogens with one attached hydrogen (secondary N) is 1. The molecule has 3 amide bonds. The second kappa shape index (κ2) is 6.26. The van der Waals surface area contributed by atoms with E-state index in [4.69, 9.17) is 0 Å². The average molecular weight is 329 g/mol. The highest BCUT2D eigenvalue weighted by molar-refractivity contribution is 5.99. The number of aryl methyl sites for hydroxylation is 1. The molecule has 0 radical (unpaired) electrons. The molecule has 2 heterocycles. The van der Waals surface area contributed by atoms with E-state index in [9.17, 15) is 14.4 Å². The quantitative estimate of drug-likeness (QED) is 0.873. The number of hydrogen-bond donors (Lipinski definition) is 1. The van der Waals surface area contributed by atoms with E-state index in [0.29, 0.717) is 18.7 Å². The first-order valence-electron chi connectivity index (χ1n) is 8.35. The number of carbonyl (C=O) groups excluding carboxylic acids is 3. The predicted molar refractivity (Wildman–Crippen MR) is 89.4 cm³/mol. The molecule has 0 bridgehead atoms. The summed E-state index contributed by atoms with van der Waals surface area (Å²) in [4.78, 5) is 40.9. The summed E-state index contributed by atoms with van der Waals surface area (Å²) in [6.07, 6.45) is 0. The summed E-state index contributed by atoms with van der Waals surface area (Å²) in [6, 6.07) is 6.33. The van der Waals surface area contributed by atoms with Crippen LogP contribution in [0.3, 0.4) is 0 Å². The molecule has 6 nitrogen and oxygen atoms in total. The van der Waals surface area contributed by atoms with Gasteiger partial charge in [0.15, 0.2) is 0 Å². The molecule has 0 unspecified atom stereocenters. The van der Waals surface area contributed by atoms with Gasteiger partial charge >= 0.3 is 0 Å². The highest BCUT2D eigenvalue weighted by Gasteiger charge is 2.45. The number of rotatable bonds is 2. The molecule has 0 aliphatic carbocycles. The third kappa shape index (κ3) is 2.88. The van der Waals surface area contributed by atoms with Crippen molar-refractivity contribution in [3.63, 3.8) is 0 Å². The van der Waals surface area contributed by atoms with Crippen LogP contribution < -0.4 is 5.32 Å². The number of fused-ring (bicyclic) bond motifs is 1. The Balaban J connectivity index is 1.75. The summed E-state index contributed by atoms with van der Waals surface area (Å²) in [6.45, 7) is 6.90. The molecule has 1 aromatic rings. The normalized spacial score (nSPS) is 24.0. The second-order valence-corrected chi connectivity index (χ2v) is 6.89. The maximum atomic E-state index is 12.6. The lowest BCUT2D eigenvalue weighted by Gasteiger charge is -2.46. The molecule has 0 spiro atoms. The first-order chi connectivity index (χ1) is 11.4. The lowest BCUT2D eigenvalue weighted by Crippen LogP contribution is -2.70. The molecule has 6 heteroatoms. The number of piperazine rings is 2. The lowest BCUT2D eigenvalue weighted by molar-refractivity contribution is -0.153. The van der Waals surface area contributed by atoms with Crippen molar-refractivity contribution in [2.75, 3.05) is 19.6 Å². The molecule has 3 rings (SSSR count). The predicted octanol–water partition coefficient (Wildman–Crippen LogP) is 0.802. The minimum Gasteiger partial charge on any atom is -0.342 e. The summed E-state index contributed by atoms with van der Waals surface area (Å²) in [5.74, 6) is -0.262. The van der Waals surface area contributed by atoms with Gasteiger partial charge < -0.3 is 15.1 Å². The number of hydrogen-bond acceptors (Lipinski definition) is 3. The molecule has 1 aromatic carbocycles. The van der Waals surface area contributed by atoms with Gasteiger partial charge in [0.2, 0.25) is 11.8 Å². The Bertz CT molecular complexity index is 669. The van der Waals surface area contributed by atoms with Gasteiger partial charge in [-0.3, -0.25) is 14.4 Å². The zero-order chi connectivity index (χ0) is 17.4. The van der Waals surface area contributed by atoms with E-state index in [1.165, 1.54) is 0 Å². The van der Waals surface area contributed by atoms with E-state index in [2.05, 4.69) is 5.32 Å². The molecule has 2 atom stereocenters. The molecule has 2 fully saturated rings. The molecule has 24 heavy (non-hydrogen) atoms. The lowest BCUT2D eigenvalue weighted by atomic mass is 9.96. The first kappa shape index (κ1) is 16.5. The molecular formula is C18H23N3O3. The van der Waals surface area contributed by atoms with E-state index in [1.54, 1.807) is 21.9 Å². The van der Waals surface area contributed by atoms with Crippen LogP contribution in [-0.4, -0.2) is 59.2 Å². The fraction of sp³-hybridized carbons (Fsp3) is 0.500. The minimum absolute atomic E-state index is 0.0444. The summed E-state index contributed by atoms with van der Waals surface area (Å²) in [5.41, 5.74) is 1.70. The summed E-state index contributed by atoms with van der Waals surface area (Å²) >= 11 is 0. The first-order valence-corrected chi connectivity index (χ1v) is 8.35. The van der Waals surface area contributed by atoms with Crippen LogP contribution in [0.2, 0.25) is 0 Å². The van der Waals surface area contributed by atoms with E-state index >= 15 is 0 Å². The summed E-state index contributed by atoms with van der Waals surface area (Å²) in [7, 11) is 0. The second-order valence-electron chi connectivity index (χ2n) is 6.89. The molecule has 0 saturated carbocycles. The molecule has 128 valence electrons. The third-order valence-corrected chi connectivity index (χ3v) is 4.78. The van der Waals surface area contributed by atoms with Gasteiger partial charge in [-0.15, -0.1) is 0 Å². The molecule has 2 aliphatic rings. The third-order valence-electron chi connectivity index (χ3n) is 4.78. The fourth-order valence-corrected chi connectivity index (χ4v) is 3.28. The monoisotopic (exact) mass is 329 g/mol. The van der Waals surface area contributed by atoms with E-state index < -0.39 is 12.1 Å². The topological polar surface area (TPSA) is 69.7 Å². The van der Waals surface area contributed by atoms with Gasteiger partial charge in [-0.2, -0.15) is 0 Å². The minimum atomic E-state index is -0.587. The van der Waals surface area contributed by atoms with Crippen LogP contribution >= 0.6 is 0 Å². The van der Waals surface area contributed by atoms with Gasteiger partial charge in [-0.25, -0.2) is 0 Å². The zero-order valence-corrected chi connectivity index (χ0v) is 14.3. The molecular weight excluding hydrogens is 306 g/mol. The van der Waals surface area contributed by atoms with Crippen LogP contribution in [0.25, 0.3) is 0 Å². The molecule has 2 saturated heterocycles. The number of carbonyl (C=O) groups is 3. The Morgan fingerprint density at radius 1 is 1.17 bits per heavy atom. The van der Waals surface area contributed by atoms with Crippen molar-refractivity contribution in [2.45, 2.75) is 32.9 Å². The average Bonchev–Trinajstić information content (AvgIpc) is 2.57. The van der Waals surface area contributed by atoms with Gasteiger partial charge in [-0.1, -0.05) is 31.5 Å². The van der Waals surface area contributed by atoms with E-state index in [1.807, 2.05) is 32.9 Å². The van der Waals surface area contributed by atoms with Gasteiger partial charge in [0.05, 0.1) is 6.54 Å². The van der Waals surface area contributed by atoms with Gasteiger partial charge in [-0.05, 0) is 25.0 Å². The van der Waals surface area contributed by atoms with E-state index in [0.717, 1.165) is 5.56 Å². The Kier molecular flexibility index (Phi) is 4.30. The van der Waals surface area contributed by atoms with Gasteiger partial charge in [0, 0.05) is 18.7 Å². The van der Waals surface area contributed by atoms with Crippen molar-refractivity contribution in [1.82, 2.24) is 15.1 Å². The smallest absolute Gasteiger partial charge is 0.253 e. The van der Waals surface area contributed by atoms with Crippen LogP contribution in [0.1, 0.15) is 29.8 Å². The highest BCUT2D eigenvalue weighted by Crippen LogP contribution is 2.20. The van der Waals surface area contributed by atoms with Crippen molar-refractivity contribution in [3.05, 3.63) is 35.4 Å². The standard InChI is InChI=1S/C18H23N3O3/c1-11(2)15-18(24)21-9-8-20(10-14(21)16(22)19-15)17(23)13-6-4-12(3)5-7-13/h4-7,11,14-15H,8-10H2,1-3H3,(H,19,22)/t14-,15-/m1/s1. The van der Waals surface area contributed by atoms with Crippen molar-refractivity contribution in [1.29, 1.82) is 0 Å². The Morgan fingerprint density at radius 3 is 2.46 bits per heavy atom. The van der Waals surface area contributed by atoms with Crippen molar-refractivity contribution >= 4 is 17.7 Å². The fourth-order valence-electron chi connectivity index (χ4n) is 3.28. The maximum absolute atomic E-state index is 12.6. The van der Waals surface area contributed by atoms with Crippen LogP contribution in [0.15, 0.2) is 24.3 Å². The number of amides is 3. The molecule has 1 N–H and O–H groups in total. The van der Waals surface area contributed by atoms with Crippen molar-refractivity contribution in [3.8, 4) is 0 Å². The molecule has 2 aliphatic heterocycles. The Morgan fingerprint density at radius 2 is 1.83 bits per heavy atom. The maximum Gasteiger partial charge on any atom is 0.253 e.